The average Bonchev–Trinajstić information content (AvgIpc) is 2.57. The van der Waals surface area contributed by atoms with Crippen LogP contribution in [0, 0.1) is 0 Å². The molecule has 9 heteroatoms. The fourth-order valence-corrected chi connectivity index (χ4v) is 4.59. The van der Waals surface area contributed by atoms with Crippen LogP contribution in [0.3, 0.4) is 0 Å². The molecule has 0 fully saturated rings. The van der Waals surface area contributed by atoms with Gasteiger partial charge >= 0.3 is 0 Å². The van der Waals surface area contributed by atoms with E-state index in [2.05, 4.69) is 9.44 Å². The highest BCUT2D eigenvalue weighted by Crippen LogP contribution is 2.25. The Kier molecular flexibility index (Phi) is 7.09. The van der Waals surface area contributed by atoms with Crippen molar-refractivity contribution in [3.05, 3.63) is 48.5 Å². The minimum atomic E-state index is -3.33. The van der Waals surface area contributed by atoms with Gasteiger partial charge in [0.1, 0.15) is 11.5 Å². The lowest BCUT2D eigenvalue weighted by Gasteiger charge is -2.10. The van der Waals surface area contributed by atoms with Gasteiger partial charge in [0.15, 0.2) is 0 Å². The van der Waals surface area contributed by atoms with E-state index in [4.69, 9.17) is 4.74 Å². The minimum absolute atomic E-state index is 0.0691. The third-order valence-corrected chi connectivity index (χ3v) is 6.42. The predicted molar refractivity (Wildman–Crippen MR) is 108 cm³/mol. The second-order valence-electron chi connectivity index (χ2n) is 5.99. The molecule has 0 unspecified atom stereocenters. The van der Waals surface area contributed by atoms with Crippen LogP contribution in [0.25, 0.3) is 0 Å². The molecule has 0 amide bonds. The van der Waals surface area contributed by atoms with E-state index in [0.29, 0.717) is 35.7 Å². The number of benzene rings is 2. The van der Waals surface area contributed by atoms with E-state index in [0.717, 1.165) is 0 Å². The summed E-state index contributed by atoms with van der Waals surface area (Å²) >= 11 is 0. The van der Waals surface area contributed by atoms with Crippen LogP contribution in [0.1, 0.15) is 26.7 Å². The van der Waals surface area contributed by atoms with Gasteiger partial charge in [-0.3, -0.25) is 9.44 Å². The molecule has 2 rings (SSSR count). The molecule has 0 aliphatic carbocycles. The molecule has 2 aromatic rings. The number of nitrogens with one attached hydrogen (secondary N) is 2. The van der Waals surface area contributed by atoms with Crippen molar-refractivity contribution < 1.29 is 21.6 Å². The minimum Gasteiger partial charge on any atom is -0.457 e. The zero-order chi connectivity index (χ0) is 19.9. The first-order valence-corrected chi connectivity index (χ1v) is 11.9. The molecule has 7 nitrogen and oxygen atoms in total. The highest BCUT2D eigenvalue weighted by Gasteiger charge is 2.10. The molecule has 2 aromatic carbocycles. The molecule has 148 valence electrons. The third-order valence-electron chi connectivity index (χ3n) is 3.44. The van der Waals surface area contributed by atoms with E-state index in [1.807, 2.05) is 0 Å². The molecule has 0 aliphatic heterocycles. The van der Waals surface area contributed by atoms with Crippen molar-refractivity contribution in [3.63, 3.8) is 0 Å². The topological polar surface area (TPSA) is 102 Å². The number of hydrogen-bond acceptors (Lipinski definition) is 5. The molecule has 0 bridgehead atoms. The molecular weight excluding hydrogens is 388 g/mol. The van der Waals surface area contributed by atoms with Gasteiger partial charge in [0, 0.05) is 11.4 Å². The van der Waals surface area contributed by atoms with Crippen LogP contribution in [-0.2, 0) is 20.0 Å². The second-order valence-corrected chi connectivity index (χ2v) is 9.68. The molecule has 0 saturated carbocycles. The zero-order valence-corrected chi connectivity index (χ0v) is 16.9. The molecule has 0 radical (unpaired) electrons. The van der Waals surface area contributed by atoms with E-state index < -0.39 is 20.0 Å². The second kappa shape index (κ2) is 9.09. The number of hydrogen-bond donors (Lipinski definition) is 2. The van der Waals surface area contributed by atoms with Gasteiger partial charge in [-0.1, -0.05) is 13.8 Å². The first kappa shape index (κ1) is 21.0. The van der Waals surface area contributed by atoms with Gasteiger partial charge in [-0.05, 0) is 61.4 Å². The smallest absolute Gasteiger partial charge is 0.232 e. The van der Waals surface area contributed by atoms with E-state index in [-0.39, 0.29) is 11.5 Å². The largest absolute Gasteiger partial charge is 0.457 e. The Hall–Kier alpha value is -2.26. The van der Waals surface area contributed by atoms with E-state index >= 15 is 0 Å². The maximum atomic E-state index is 11.8. The normalized spacial score (nSPS) is 11.8. The van der Waals surface area contributed by atoms with Crippen molar-refractivity contribution in [2.75, 3.05) is 20.9 Å². The Morgan fingerprint density at radius 1 is 0.667 bits per heavy atom. The van der Waals surface area contributed by atoms with Gasteiger partial charge in [0.2, 0.25) is 20.0 Å². The van der Waals surface area contributed by atoms with Crippen LogP contribution in [0.4, 0.5) is 11.4 Å². The van der Waals surface area contributed by atoms with Crippen LogP contribution in [0.5, 0.6) is 11.5 Å². The van der Waals surface area contributed by atoms with Crippen LogP contribution < -0.4 is 14.2 Å². The summed E-state index contributed by atoms with van der Waals surface area (Å²) in [6, 6.07) is 13.1. The summed E-state index contributed by atoms with van der Waals surface area (Å²) in [5, 5.41) is 0. The monoisotopic (exact) mass is 412 g/mol. The summed E-state index contributed by atoms with van der Waals surface area (Å²) in [6.07, 6.45) is 1.09. The van der Waals surface area contributed by atoms with E-state index in [1.54, 1.807) is 62.4 Å². The van der Waals surface area contributed by atoms with Crippen molar-refractivity contribution in [3.8, 4) is 11.5 Å². The Morgan fingerprint density at radius 3 is 1.30 bits per heavy atom. The molecule has 0 heterocycles. The number of anilines is 2. The average molecular weight is 413 g/mol. The molecular formula is C18H24N2O5S2. The third kappa shape index (κ3) is 7.10. The summed E-state index contributed by atoms with van der Waals surface area (Å²) in [5.74, 6) is 1.21. The Balaban J connectivity index is 1.99. The Bertz CT molecular complexity index is 859. The fourth-order valence-electron chi connectivity index (χ4n) is 2.32. The highest BCUT2D eigenvalue weighted by atomic mass is 32.2. The summed E-state index contributed by atoms with van der Waals surface area (Å²) < 4.78 is 57.7. The molecule has 0 aromatic heterocycles. The maximum Gasteiger partial charge on any atom is 0.232 e. The molecule has 2 N–H and O–H groups in total. The van der Waals surface area contributed by atoms with Gasteiger partial charge in [-0.15, -0.1) is 0 Å². The first-order chi connectivity index (χ1) is 12.7. The molecule has 0 atom stereocenters. The Morgan fingerprint density at radius 2 is 1.00 bits per heavy atom. The van der Waals surface area contributed by atoms with E-state index in [9.17, 15) is 16.8 Å². The lowest BCUT2D eigenvalue weighted by Crippen LogP contribution is -2.15. The summed E-state index contributed by atoms with van der Waals surface area (Å²) in [4.78, 5) is 0. The SMILES string of the molecule is CCCS(=O)(=O)Nc1ccc(Oc2ccc(NS(=O)(=O)CCC)cc2)cc1. The molecule has 27 heavy (non-hydrogen) atoms. The van der Waals surface area contributed by atoms with Crippen molar-refractivity contribution in [1.29, 1.82) is 0 Å². The maximum absolute atomic E-state index is 11.8. The molecule has 0 aliphatic rings. The lowest BCUT2D eigenvalue weighted by atomic mass is 10.3. The standard InChI is InChI=1S/C18H24N2O5S2/c1-3-13-26(21,22)19-15-5-9-17(10-6-15)25-18-11-7-16(8-12-18)20-27(23,24)14-4-2/h5-12,19-20H,3-4,13-14H2,1-2H3. The van der Waals surface area contributed by atoms with Crippen molar-refractivity contribution in [2.45, 2.75) is 26.7 Å². The van der Waals surface area contributed by atoms with Gasteiger partial charge in [0.25, 0.3) is 0 Å². The summed E-state index contributed by atoms with van der Waals surface area (Å²) in [5.41, 5.74) is 0.938. The number of ether oxygens (including phenoxy) is 1. The fraction of sp³-hybridized carbons (Fsp3) is 0.333. The van der Waals surface area contributed by atoms with Gasteiger partial charge in [-0.2, -0.15) is 0 Å². The first-order valence-electron chi connectivity index (χ1n) is 8.62. The van der Waals surface area contributed by atoms with Crippen molar-refractivity contribution in [2.24, 2.45) is 0 Å². The number of rotatable bonds is 10. The summed E-state index contributed by atoms with van der Waals surface area (Å²) in [6.45, 7) is 3.60. The van der Waals surface area contributed by atoms with E-state index in [1.165, 1.54) is 0 Å². The lowest BCUT2D eigenvalue weighted by molar-refractivity contribution is 0.483. The van der Waals surface area contributed by atoms with Crippen molar-refractivity contribution >= 4 is 31.4 Å². The van der Waals surface area contributed by atoms with Crippen LogP contribution in [0.2, 0.25) is 0 Å². The Labute approximate surface area is 160 Å². The van der Waals surface area contributed by atoms with Crippen molar-refractivity contribution in [1.82, 2.24) is 0 Å². The number of sulfonamides is 2. The predicted octanol–water partition coefficient (Wildman–Crippen LogP) is 3.78. The van der Waals surface area contributed by atoms with Gasteiger partial charge in [-0.25, -0.2) is 16.8 Å². The van der Waals surface area contributed by atoms with Crippen LogP contribution in [-0.4, -0.2) is 28.3 Å². The van der Waals surface area contributed by atoms with Crippen LogP contribution in [0.15, 0.2) is 48.5 Å². The molecule has 0 spiro atoms. The molecule has 0 saturated heterocycles. The van der Waals surface area contributed by atoms with Gasteiger partial charge < -0.3 is 4.74 Å². The quantitative estimate of drug-likeness (QED) is 0.618. The highest BCUT2D eigenvalue weighted by molar-refractivity contribution is 7.92. The summed E-state index contributed by atoms with van der Waals surface area (Å²) in [7, 11) is -6.65. The zero-order valence-electron chi connectivity index (χ0n) is 15.3. The van der Waals surface area contributed by atoms with Crippen LogP contribution >= 0.6 is 0 Å². The van der Waals surface area contributed by atoms with Gasteiger partial charge in [0.05, 0.1) is 11.5 Å².